The van der Waals surface area contributed by atoms with E-state index < -0.39 is 6.23 Å². The third kappa shape index (κ3) is 6.47. The maximum atomic E-state index is 13.3. The molecule has 216 valence electrons. The van der Waals surface area contributed by atoms with Crippen molar-refractivity contribution in [1.29, 1.82) is 0 Å². The van der Waals surface area contributed by atoms with Crippen molar-refractivity contribution in [1.82, 2.24) is 9.80 Å². The second kappa shape index (κ2) is 13.8. The van der Waals surface area contributed by atoms with Crippen LogP contribution in [0.4, 0.5) is 4.79 Å². The van der Waals surface area contributed by atoms with Gasteiger partial charge in [0, 0.05) is 17.9 Å². The highest BCUT2D eigenvalue weighted by Gasteiger charge is 2.40. The van der Waals surface area contributed by atoms with E-state index >= 15 is 0 Å². The van der Waals surface area contributed by atoms with Crippen LogP contribution in [-0.4, -0.2) is 54.8 Å². The van der Waals surface area contributed by atoms with Crippen molar-refractivity contribution in [2.45, 2.75) is 32.1 Å². The van der Waals surface area contributed by atoms with Gasteiger partial charge in [0.05, 0.1) is 26.9 Å². The van der Waals surface area contributed by atoms with Crippen LogP contribution in [0.3, 0.4) is 0 Å². The Labute approximate surface area is 247 Å². The lowest BCUT2D eigenvalue weighted by atomic mass is 9.84. The van der Waals surface area contributed by atoms with Crippen molar-refractivity contribution in [3.8, 4) is 11.5 Å². The fraction of sp³-hybridized carbons (Fsp3) is 0.257. The predicted octanol–water partition coefficient (Wildman–Crippen LogP) is 6.47. The molecule has 1 aliphatic rings. The monoisotopic (exact) mass is 564 g/mol. The van der Waals surface area contributed by atoms with Crippen molar-refractivity contribution in [2.24, 2.45) is 0 Å². The number of ether oxygens (including phenoxy) is 3. The van der Waals surface area contributed by atoms with Crippen molar-refractivity contribution < 1.29 is 23.8 Å². The van der Waals surface area contributed by atoms with Crippen molar-refractivity contribution in [2.75, 3.05) is 26.8 Å². The Hall–Kier alpha value is -4.62. The van der Waals surface area contributed by atoms with Gasteiger partial charge in [-0.15, -0.1) is 0 Å². The molecule has 1 fully saturated rings. The minimum Gasteiger partial charge on any atom is -0.493 e. The summed E-state index contributed by atoms with van der Waals surface area (Å²) in [6.07, 6.45) is -0.154. The van der Waals surface area contributed by atoms with Gasteiger partial charge in [-0.2, -0.15) is 0 Å². The van der Waals surface area contributed by atoms with E-state index in [0.29, 0.717) is 24.5 Å². The third-order valence-electron chi connectivity index (χ3n) is 7.40. The minimum absolute atomic E-state index is 0.0469. The minimum atomic E-state index is -0.646. The van der Waals surface area contributed by atoms with Gasteiger partial charge in [0.2, 0.25) is 0 Å². The normalized spacial score (nSPS) is 14.0. The molecule has 4 aromatic rings. The van der Waals surface area contributed by atoms with Crippen LogP contribution in [0.5, 0.6) is 11.5 Å². The van der Waals surface area contributed by atoms with Crippen LogP contribution in [0.15, 0.2) is 109 Å². The molecular formula is C35H36N2O5. The summed E-state index contributed by atoms with van der Waals surface area (Å²) in [4.78, 5) is 28.9. The highest BCUT2D eigenvalue weighted by atomic mass is 16.5. The maximum Gasteiger partial charge on any atom is 0.330 e. The highest BCUT2D eigenvalue weighted by Crippen LogP contribution is 2.42. The Morgan fingerprint density at radius 2 is 1.40 bits per heavy atom. The molecule has 0 N–H and O–H groups in total. The summed E-state index contributed by atoms with van der Waals surface area (Å²) in [7, 11) is 1.63. The Kier molecular flexibility index (Phi) is 9.51. The molecule has 1 unspecified atom stereocenters. The Balaban J connectivity index is 1.33. The molecule has 1 atom stereocenters. The van der Waals surface area contributed by atoms with Gasteiger partial charge in [-0.25, -0.2) is 4.79 Å². The number of hydrogen-bond acceptors (Lipinski definition) is 5. The van der Waals surface area contributed by atoms with Crippen LogP contribution in [0.1, 0.15) is 41.5 Å². The summed E-state index contributed by atoms with van der Waals surface area (Å²) in [6.45, 7) is 2.75. The number of methoxy groups -OCH3 is 1. The lowest BCUT2D eigenvalue weighted by molar-refractivity contribution is -0.126. The quantitative estimate of drug-likeness (QED) is 0.106. The summed E-state index contributed by atoms with van der Waals surface area (Å²) in [5.41, 5.74) is 4.23. The van der Waals surface area contributed by atoms with Gasteiger partial charge in [0.1, 0.15) is 6.54 Å². The molecule has 3 amide bonds. The topological polar surface area (TPSA) is 68.3 Å². The molecule has 0 radical (unpaired) electrons. The van der Waals surface area contributed by atoms with E-state index in [0.717, 1.165) is 22.3 Å². The maximum absolute atomic E-state index is 13.3. The van der Waals surface area contributed by atoms with Gasteiger partial charge in [0.15, 0.2) is 17.7 Å². The van der Waals surface area contributed by atoms with E-state index in [9.17, 15) is 9.59 Å². The molecule has 0 bridgehead atoms. The Morgan fingerprint density at radius 3 is 2.00 bits per heavy atom. The van der Waals surface area contributed by atoms with E-state index in [-0.39, 0.29) is 37.6 Å². The number of carbonyl (C=O) groups excluding carboxylic acids is 2. The molecule has 7 heteroatoms. The molecular weight excluding hydrogens is 528 g/mol. The SMILES string of the molecule is CCC(Oc1cccc(C(c2ccccc2)c2ccccc2)c1OC)N1CC(=O)N(CCOCc2ccccc2)C1=O. The standard InChI is InChI=1S/C35H36N2O5/c1-3-32(37-24-31(38)36(35(37)39)22-23-41-25-26-14-7-4-8-15-26)42-30-21-13-20-29(34(30)40-2)33(27-16-9-5-10-17-27)28-18-11-6-12-19-28/h4-21,32-33H,3,22-25H2,1-2H3. The van der Waals surface area contributed by atoms with Gasteiger partial charge in [0.25, 0.3) is 5.91 Å². The van der Waals surface area contributed by atoms with E-state index in [1.54, 1.807) is 7.11 Å². The summed E-state index contributed by atoms with van der Waals surface area (Å²) in [5.74, 6) is 0.757. The first-order valence-electron chi connectivity index (χ1n) is 14.3. The van der Waals surface area contributed by atoms with E-state index in [1.165, 1.54) is 9.80 Å². The number of para-hydroxylation sites is 1. The molecule has 5 rings (SSSR count). The number of urea groups is 1. The number of amides is 3. The van der Waals surface area contributed by atoms with Gasteiger partial charge >= 0.3 is 6.03 Å². The number of benzene rings is 4. The largest absolute Gasteiger partial charge is 0.493 e. The van der Waals surface area contributed by atoms with Gasteiger partial charge in [-0.3, -0.25) is 14.6 Å². The average Bonchev–Trinajstić information content (AvgIpc) is 3.32. The Bertz CT molecular complexity index is 1420. The lowest BCUT2D eigenvalue weighted by Gasteiger charge is -2.29. The van der Waals surface area contributed by atoms with Crippen LogP contribution < -0.4 is 9.47 Å². The smallest absolute Gasteiger partial charge is 0.330 e. The number of carbonyl (C=O) groups is 2. The first kappa shape index (κ1) is 28.9. The molecule has 0 aliphatic carbocycles. The Morgan fingerprint density at radius 1 is 0.786 bits per heavy atom. The number of rotatable bonds is 13. The second-order valence-corrected chi connectivity index (χ2v) is 10.1. The van der Waals surface area contributed by atoms with Crippen molar-refractivity contribution in [3.05, 3.63) is 131 Å². The molecule has 0 spiro atoms. The van der Waals surface area contributed by atoms with E-state index in [2.05, 4.69) is 24.3 Å². The van der Waals surface area contributed by atoms with Crippen LogP contribution in [-0.2, 0) is 16.1 Å². The van der Waals surface area contributed by atoms with Crippen LogP contribution in [0.25, 0.3) is 0 Å². The van der Waals surface area contributed by atoms with Crippen molar-refractivity contribution in [3.63, 3.8) is 0 Å². The molecule has 0 aromatic heterocycles. The van der Waals surface area contributed by atoms with E-state index in [4.69, 9.17) is 14.2 Å². The zero-order chi connectivity index (χ0) is 29.3. The van der Waals surface area contributed by atoms with Gasteiger partial charge in [-0.05, 0) is 22.8 Å². The summed E-state index contributed by atoms with van der Waals surface area (Å²) in [5, 5.41) is 0. The second-order valence-electron chi connectivity index (χ2n) is 10.1. The molecule has 7 nitrogen and oxygen atoms in total. The van der Waals surface area contributed by atoms with Crippen LogP contribution >= 0.6 is 0 Å². The molecule has 1 saturated heterocycles. The third-order valence-corrected chi connectivity index (χ3v) is 7.40. The first-order valence-corrected chi connectivity index (χ1v) is 14.3. The van der Waals surface area contributed by atoms with Gasteiger partial charge < -0.3 is 14.2 Å². The molecule has 4 aromatic carbocycles. The average molecular weight is 565 g/mol. The zero-order valence-corrected chi connectivity index (χ0v) is 24.0. The molecule has 1 heterocycles. The van der Waals surface area contributed by atoms with E-state index in [1.807, 2.05) is 91.9 Å². The van der Waals surface area contributed by atoms with Crippen molar-refractivity contribution >= 4 is 11.9 Å². The lowest BCUT2D eigenvalue weighted by Crippen LogP contribution is -2.43. The number of hydrogen-bond donors (Lipinski definition) is 0. The summed E-state index contributed by atoms with van der Waals surface area (Å²) >= 11 is 0. The van der Waals surface area contributed by atoms with Crippen LogP contribution in [0.2, 0.25) is 0 Å². The summed E-state index contributed by atoms with van der Waals surface area (Å²) in [6, 6.07) is 35.8. The predicted molar refractivity (Wildman–Crippen MR) is 161 cm³/mol. The molecule has 1 aliphatic heterocycles. The van der Waals surface area contributed by atoms with Gasteiger partial charge in [-0.1, -0.05) is 110 Å². The summed E-state index contributed by atoms with van der Waals surface area (Å²) < 4.78 is 18.1. The molecule has 0 saturated carbocycles. The highest BCUT2D eigenvalue weighted by molar-refractivity contribution is 6.02. The number of imide groups is 1. The fourth-order valence-corrected chi connectivity index (χ4v) is 5.35. The first-order chi connectivity index (χ1) is 20.6. The molecule has 42 heavy (non-hydrogen) atoms. The number of nitrogens with zero attached hydrogens (tertiary/aromatic N) is 2. The fourth-order valence-electron chi connectivity index (χ4n) is 5.35. The van der Waals surface area contributed by atoms with Crippen LogP contribution in [0, 0.1) is 0 Å². The zero-order valence-electron chi connectivity index (χ0n) is 24.0.